The van der Waals surface area contributed by atoms with Gasteiger partial charge in [0, 0.05) is 35.8 Å². The zero-order valence-corrected chi connectivity index (χ0v) is 10.7. The third kappa shape index (κ3) is 2.14. The van der Waals surface area contributed by atoms with Gasteiger partial charge < -0.3 is 16.5 Å². The van der Waals surface area contributed by atoms with Crippen molar-refractivity contribution in [3.8, 4) is 0 Å². The highest BCUT2D eigenvalue weighted by atomic mass is 14.8. The van der Waals surface area contributed by atoms with Crippen LogP contribution >= 0.6 is 0 Å². The minimum atomic E-state index is 0.163. The maximum atomic E-state index is 7.76. The van der Waals surface area contributed by atoms with Crippen LogP contribution in [0, 0.1) is 11.3 Å². The first-order chi connectivity index (χ1) is 8.67. The Labute approximate surface area is 106 Å². The van der Waals surface area contributed by atoms with Gasteiger partial charge in [0.2, 0.25) is 0 Å². The van der Waals surface area contributed by atoms with Gasteiger partial charge in [-0.3, -0.25) is 4.98 Å². The summed E-state index contributed by atoms with van der Waals surface area (Å²) < 4.78 is 0. The zero-order valence-electron chi connectivity index (χ0n) is 10.7. The summed E-state index contributed by atoms with van der Waals surface area (Å²) in [5, 5.41) is 13.0. The molecule has 2 rings (SSSR count). The lowest BCUT2D eigenvalue weighted by molar-refractivity contribution is 0.851. The normalized spacial score (nSPS) is 18.3. The van der Waals surface area contributed by atoms with Crippen molar-refractivity contribution >= 4 is 23.6 Å². The third-order valence-corrected chi connectivity index (χ3v) is 3.24. The van der Waals surface area contributed by atoms with Crippen molar-refractivity contribution < 1.29 is 0 Å². The number of nitrogens with one attached hydrogen (secondary N) is 2. The van der Waals surface area contributed by atoms with Crippen molar-refractivity contribution in [2.24, 2.45) is 11.7 Å². The third-order valence-electron chi connectivity index (χ3n) is 3.24. The van der Waals surface area contributed by atoms with E-state index < -0.39 is 0 Å². The van der Waals surface area contributed by atoms with Crippen LogP contribution in [0.25, 0.3) is 12.2 Å². The van der Waals surface area contributed by atoms with E-state index in [2.05, 4.69) is 22.5 Å². The van der Waals surface area contributed by atoms with Crippen molar-refractivity contribution in [3.05, 3.63) is 34.6 Å². The molecule has 0 saturated carbocycles. The van der Waals surface area contributed by atoms with Gasteiger partial charge in [-0.15, -0.1) is 0 Å². The van der Waals surface area contributed by atoms with Gasteiger partial charge in [-0.05, 0) is 31.2 Å². The molecule has 1 atom stereocenters. The number of rotatable bonds is 3. The summed E-state index contributed by atoms with van der Waals surface area (Å²) in [4.78, 5) is 4.36. The summed E-state index contributed by atoms with van der Waals surface area (Å²) in [5.41, 5.74) is 8.08. The van der Waals surface area contributed by atoms with Gasteiger partial charge in [-0.2, -0.15) is 0 Å². The van der Waals surface area contributed by atoms with E-state index in [9.17, 15) is 0 Å². The van der Waals surface area contributed by atoms with Crippen molar-refractivity contribution in [3.63, 3.8) is 0 Å². The van der Waals surface area contributed by atoms with Crippen LogP contribution in [0.1, 0.15) is 13.3 Å². The Balaban J connectivity index is 2.55. The maximum Gasteiger partial charge on any atom is 0.0680 e. The van der Waals surface area contributed by atoms with Gasteiger partial charge >= 0.3 is 0 Å². The molecule has 0 spiro atoms. The molecule has 4 N–H and O–H groups in total. The van der Waals surface area contributed by atoms with Crippen molar-refractivity contribution in [2.75, 3.05) is 12.4 Å². The van der Waals surface area contributed by atoms with E-state index in [1.807, 2.05) is 13.1 Å². The number of hydrogen-bond acceptors (Lipinski definition) is 4. The fraction of sp³-hybridized carbons (Fsp3) is 0.286. The lowest BCUT2D eigenvalue weighted by Crippen LogP contribution is -2.34. The largest absolute Gasteiger partial charge is 0.404 e. The number of nitrogens with zero attached hydrogens (tertiary/aromatic N) is 1. The highest BCUT2D eigenvalue weighted by Crippen LogP contribution is 2.19. The van der Waals surface area contributed by atoms with Gasteiger partial charge in [0.15, 0.2) is 0 Å². The summed E-state index contributed by atoms with van der Waals surface area (Å²) >= 11 is 0. The van der Waals surface area contributed by atoms with E-state index in [0.717, 1.165) is 28.2 Å². The van der Waals surface area contributed by atoms with E-state index in [-0.39, 0.29) is 5.92 Å². The van der Waals surface area contributed by atoms with E-state index >= 15 is 0 Å². The lowest BCUT2D eigenvalue weighted by atomic mass is 9.89. The van der Waals surface area contributed by atoms with Crippen LogP contribution in [0.4, 0.5) is 5.69 Å². The van der Waals surface area contributed by atoms with Gasteiger partial charge in [0.1, 0.15) is 0 Å². The molecular formula is C14H18N4. The van der Waals surface area contributed by atoms with Gasteiger partial charge in [-0.1, -0.05) is 12.2 Å². The van der Waals surface area contributed by atoms with Gasteiger partial charge in [-0.25, -0.2) is 0 Å². The summed E-state index contributed by atoms with van der Waals surface area (Å²) in [6.45, 7) is 1.77. The van der Waals surface area contributed by atoms with Gasteiger partial charge in [0.25, 0.3) is 0 Å². The molecule has 1 heterocycles. The Kier molecular flexibility index (Phi) is 3.46. The summed E-state index contributed by atoms with van der Waals surface area (Å²) in [5.74, 6) is 0.163. The molecule has 0 saturated heterocycles. The van der Waals surface area contributed by atoms with Crippen LogP contribution in [-0.2, 0) is 0 Å². The molecule has 1 aromatic rings. The van der Waals surface area contributed by atoms with E-state index in [1.54, 1.807) is 13.1 Å². The number of aromatic nitrogens is 1. The summed E-state index contributed by atoms with van der Waals surface area (Å²) in [7, 11) is 1.90. The summed E-state index contributed by atoms with van der Waals surface area (Å²) in [6, 6.07) is 1.95. The predicted molar refractivity (Wildman–Crippen MR) is 75.7 cm³/mol. The molecule has 1 aliphatic rings. The molecular weight excluding hydrogens is 224 g/mol. The minimum absolute atomic E-state index is 0.163. The number of hydrogen-bond donors (Lipinski definition) is 3. The molecule has 0 aromatic carbocycles. The monoisotopic (exact) mass is 242 g/mol. The number of nitrogens with two attached hydrogens (primary N) is 1. The predicted octanol–water partition coefficient (Wildman–Crippen LogP) is 0.586. The summed E-state index contributed by atoms with van der Waals surface area (Å²) in [6.07, 6.45) is 8.43. The first-order valence-electron chi connectivity index (χ1n) is 5.99. The quantitative estimate of drug-likeness (QED) is 0.679. The average molecular weight is 242 g/mol. The fourth-order valence-electron chi connectivity index (χ4n) is 2.30. The molecule has 0 aliphatic heterocycles. The Morgan fingerprint density at radius 1 is 1.61 bits per heavy atom. The highest BCUT2D eigenvalue weighted by Gasteiger charge is 2.15. The number of fused-ring (bicyclic) bond motifs is 1. The van der Waals surface area contributed by atoms with E-state index in [1.165, 1.54) is 6.20 Å². The van der Waals surface area contributed by atoms with E-state index in [4.69, 9.17) is 11.1 Å². The number of allylic oxidation sites excluding steroid dienone is 1. The Morgan fingerprint density at radius 2 is 2.39 bits per heavy atom. The first kappa shape index (κ1) is 12.4. The SMILES string of the molecule is CNc1ccnc2c1=CC(/C(=C/N)C(C)=N)CC=2. The molecule has 18 heavy (non-hydrogen) atoms. The topological polar surface area (TPSA) is 74.8 Å². The molecule has 94 valence electrons. The molecule has 1 aliphatic carbocycles. The second kappa shape index (κ2) is 5.04. The van der Waals surface area contributed by atoms with E-state index in [0.29, 0.717) is 5.71 Å². The molecule has 0 amide bonds. The van der Waals surface area contributed by atoms with Crippen molar-refractivity contribution in [1.82, 2.24) is 4.98 Å². The van der Waals surface area contributed by atoms with Gasteiger partial charge in [0.05, 0.1) is 5.35 Å². The van der Waals surface area contributed by atoms with Crippen LogP contribution in [0.15, 0.2) is 24.0 Å². The molecule has 4 nitrogen and oxygen atoms in total. The van der Waals surface area contributed by atoms with Crippen molar-refractivity contribution in [2.45, 2.75) is 13.3 Å². The molecule has 1 aromatic heterocycles. The smallest absolute Gasteiger partial charge is 0.0680 e. The lowest BCUT2D eigenvalue weighted by Gasteiger charge is -2.17. The number of anilines is 1. The molecule has 0 bridgehead atoms. The Bertz CT molecular complexity index is 613. The molecule has 1 unspecified atom stereocenters. The maximum absolute atomic E-state index is 7.76. The standard InChI is InChI=1S/C14H18N4/c1-9(16)12(8-15)10-3-4-14-11(7-10)13(17-2)5-6-18-14/h4-8,10,16-17H,3,15H2,1-2H3/b12-8+,16-9?. The minimum Gasteiger partial charge on any atom is -0.404 e. The zero-order chi connectivity index (χ0) is 13.1. The molecule has 4 heteroatoms. The number of pyridine rings is 1. The van der Waals surface area contributed by atoms with Crippen LogP contribution in [-0.4, -0.2) is 17.7 Å². The second-order valence-corrected chi connectivity index (χ2v) is 4.37. The Morgan fingerprint density at radius 3 is 3.00 bits per heavy atom. The second-order valence-electron chi connectivity index (χ2n) is 4.37. The highest BCUT2D eigenvalue weighted by molar-refractivity contribution is 5.97. The Hall–Kier alpha value is -2.10. The van der Waals surface area contributed by atoms with Crippen LogP contribution in [0.5, 0.6) is 0 Å². The van der Waals surface area contributed by atoms with Crippen LogP contribution in [0.3, 0.4) is 0 Å². The van der Waals surface area contributed by atoms with Crippen LogP contribution < -0.4 is 21.6 Å². The molecule has 0 fully saturated rings. The first-order valence-corrected chi connectivity index (χ1v) is 5.99. The fourth-order valence-corrected chi connectivity index (χ4v) is 2.30. The average Bonchev–Trinajstić information content (AvgIpc) is 2.38. The van der Waals surface area contributed by atoms with Crippen molar-refractivity contribution in [1.29, 1.82) is 5.41 Å². The molecule has 0 radical (unpaired) electrons. The van der Waals surface area contributed by atoms with Crippen LogP contribution in [0.2, 0.25) is 0 Å².